The molecule has 0 aliphatic carbocycles. The molecule has 3 nitrogen and oxygen atoms in total. The maximum absolute atomic E-state index is 6.36. The summed E-state index contributed by atoms with van der Waals surface area (Å²) in [7, 11) is 0. The van der Waals surface area contributed by atoms with E-state index in [0.717, 1.165) is 34.2 Å². The summed E-state index contributed by atoms with van der Waals surface area (Å²) in [6.07, 6.45) is 0. The summed E-state index contributed by atoms with van der Waals surface area (Å²) in [5.41, 5.74) is 6.72. The Morgan fingerprint density at radius 1 is 0.410 bits per heavy atom. The van der Waals surface area contributed by atoms with Gasteiger partial charge in [-0.25, -0.2) is 0 Å². The maximum Gasteiger partial charge on any atom is 0.129 e. The minimum absolute atomic E-state index is 0.791. The molecule has 39 heavy (non-hydrogen) atoms. The number of aromatic nitrogens is 1. The van der Waals surface area contributed by atoms with E-state index in [4.69, 9.17) is 4.74 Å². The minimum atomic E-state index is 0.791. The van der Waals surface area contributed by atoms with E-state index in [-0.39, 0.29) is 0 Å². The van der Waals surface area contributed by atoms with Crippen LogP contribution in [0.1, 0.15) is 0 Å². The van der Waals surface area contributed by atoms with Gasteiger partial charge in [0, 0.05) is 39.6 Å². The largest absolute Gasteiger partial charge is 0.457 e. The van der Waals surface area contributed by atoms with Gasteiger partial charge in [-0.2, -0.15) is 0 Å². The molecule has 0 spiro atoms. The van der Waals surface area contributed by atoms with Crippen molar-refractivity contribution in [1.82, 2.24) is 4.57 Å². The molecule has 7 rings (SSSR count). The number of ether oxygens (including phenoxy) is 1. The second-order valence-electron chi connectivity index (χ2n) is 9.47. The maximum atomic E-state index is 6.36. The summed E-state index contributed by atoms with van der Waals surface area (Å²) in [5, 5.41) is 2.49. The Morgan fingerprint density at radius 3 is 1.51 bits per heavy atom. The second-order valence-corrected chi connectivity index (χ2v) is 9.47. The molecule has 0 N–H and O–H groups in total. The van der Waals surface area contributed by atoms with Gasteiger partial charge in [0.1, 0.15) is 11.5 Å². The average Bonchev–Trinajstić information content (AvgIpc) is 3.34. The van der Waals surface area contributed by atoms with Gasteiger partial charge < -0.3 is 14.2 Å². The number of hydrogen-bond acceptors (Lipinski definition) is 2. The van der Waals surface area contributed by atoms with Gasteiger partial charge in [-0.1, -0.05) is 78.9 Å². The van der Waals surface area contributed by atoms with Crippen molar-refractivity contribution in [3.63, 3.8) is 0 Å². The van der Waals surface area contributed by atoms with Gasteiger partial charge in [0.05, 0.1) is 11.0 Å². The number of anilines is 3. The molecule has 1 heterocycles. The zero-order valence-electron chi connectivity index (χ0n) is 21.3. The Balaban J connectivity index is 1.22. The van der Waals surface area contributed by atoms with E-state index in [1.807, 2.05) is 30.3 Å². The SMILES string of the molecule is c1ccc(N(c2ccccc2)c2ccc(Oc3cccc(-n4c5ccccc5c5ccccc54)c3)cc2)cc1. The van der Waals surface area contributed by atoms with Crippen molar-refractivity contribution in [2.45, 2.75) is 0 Å². The Morgan fingerprint density at radius 2 is 0.923 bits per heavy atom. The van der Waals surface area contributed by atoms with Gasteiger partial charge in [0.15, 0.2) is 0 Å². The monoisotopic (exact) mass is 502 g/mol. The van der Waals surface area contributed by atoms with Gasteiger partial charge >= 0.3 is 0 Å². The molecule has 0 saturated heterocycles. The Hall–Kier alpha value is -5.28. The van der Waals surface area contributed by atoms with Crippen molar-refractivity contribution < 1.29 is 4.74 Å². The van der Waals surface area contributed by atoms with Crippen molar-refractivity contribution in [3.05, 3.63) is 158 Å². The zero-order chi connectivity index (χ0) is 26.0. The van der Waals surface area contributed by atoms with Gasteiger partial charge in [0.25, 0.3) is 0 Å². The van der Waals surface area contributed by atoms with Crippen LogP contribution in [0.3, 0.4) is 0 Å². The summed E-state index contributed by atoms with van der Waals surface area (Å²) in [6, 6.07) is 54.5. The van der Waals surface area contributed by atoms with E-state index in [9.17, 15) is 0 Å². The lowest BCUT2D eigenvalue weighted by molar-refractivity contribution is 0.482. The molecule has 1 aromatic heterocycles. The molecule has 0 unspecified atom stereocenters. The number of para-hydroxylation sites is 4. The molecule has 0 bridgehead atoms. The van der Waals surface area contributed by atoms with Gasteiger partial charge in [-0.3, -0.25) is 0 Å². The highest BCUT2D eigenvalue weighted by Crippen LogP contribution is 2.36. The first kappa shape index (κ1) is 22.9. The van der Waals surface area contributed by atoms with Crippen LogP contribution in [0.15, 0.2) is 158 Å². The van der Waals surface area contributed by atoms with Crippen LogP contribution in [0.4, 0.5) is 17.1 Å². The van der Waals surface area contributed by atoms with E-state index in [0.29, 0.717) is 0 Å². The molecule has 0 amide bonds. The molecular formula is C36H26N2O. The predicted octanol–water partition coefficient (Wildman–Crippen LogP) is 10.0. The topological polar surface area (TPSA) is 17.4 Å². The highest BCUT2D eigenvalue weighted by atomic mass is 16.5. The predicted molar refractivity (Wildman–Crippen MR) is 162 cm³/mol. The van der Waals surface area contributed by atoms with E-state index in [1.54, 1.807) is 0 Å². The molecule has 7 aromatic rings. The van der Waals surface area contributed by atoms with Crippen LogP contribution in [0.2, 0.25) is 0 Å². The van der Waals surface area contributed by atoms with E-state index < -0.39 is 0 Å². The van der Waals surface area contributed by atoms with Gasteiger partial charge in [-0.05, 0) is 72.8 Å². The third kappa shape index (κ3) is 4.30. The fourth-order valence-corrected chi connectivity index (χ4v) is 5.29. The summed E-state index contributed by atoms with van der Waals surface area (Å²) < 4.78 is 8.66. The average molecular weight is 503 g/mol. The summed E-state index contributed by atoms with van der Waals surface area (Å²) in [5.74, 6) is 1.59. The third-order valence-electron chi connectivity index (χ3n) is 7.02. The highest BCUT2D eigenvalue weighted by Gasteiger charge is 2.13. The first-order valence-corrected chi connectivity index (χ1v) is 13.1. The van der Waals surface area contributed by atoms with E-state index in [1.165, 1.54) is 21.8 Å². The first-order chi connectivity index (χ1) is 19.3. The molecular weight excluding hydrogens is 476 g/mol. The van der Waals surface area contributed by atoms with Gasteiger partial charge in [-0.15, -0.1) is 0 Å². The zero-order valence-corrected chi connectivity index (χ0v) is 21.3. The van der Waals surface area contributed by atoms with Crippen molar-refractivity contribution in [2.24, 2.45) is 0 Å². The summed E-state index contributed by atoms with van der Waals surface area (Å²) >= 11 is 0. The standard InChI is InChI=1S/C36H26N2O/c1-3-12-27(13-4-1)37(28-14-5-2-6-15-28)29-22-24-31(25-23-29)39-32-17-11-16-30(26-32)38-35-20-9-7-18-33(35)34-19-8-10-21-36(34)38/h1-26H. The molecule has 0 atom stereocenters. The summed E-state index contributed by atoms with van der Waals surface area (Å²) in [6.45, 7) is 0. The Labute approximate surface area is 227 Å². The van der Waals surface area contributed by atoms with Crippen LogP contribution < -0.4 is 9.64 Å². The minimum Gasteiger partial charge on any atom is -0.457 e. The molecule has 3 heteroatoms. The van der Waals surface area contributed by atoms with E-state index >= 15 is 0 Å². The number of benzene rings is 6. The molecule has 0 saturated carbocycles. The van der Waals surface area contributed by atoms with Crippen LogP contribution >= 0.6 is 0 Å². The number of hydrogen-bond donors (Lipinski definition) is 0. The Kier molecular flexibility index (Phi) is 5.80. The molecule has 0 radical (unpaired) electrons. The first-order valence-electron chi connectivity index (χ1n) is 13.1. The fourth-order valence-electron chi connectivity index (χ4n) is 5.29. The van der Waals surface area contributed by atoms with Crippen LogP contribution in [0.5, 0.6) is 11.5 Å². The normalized spacial score (nSPS) is 11.1. The number of nitrogens with zero attached hydrogens (tertiary/aromatic N) is 2. The molecule has 0 aliphatic rings. The molecule has 6 aromatic carbocycles. The number of fused-ring (bicyclic) bond motifs is 3. The van der Waals surface area contributed by atoms with Crippen LogP contribution in [0.25, 0.3) is 27.5 Å². The highest BCUT2D eigenvalue weighted by molar-refractivity contribution is 6.09. The molecule has 186 valence electrons. The smallest absolute Gasteiger partial charge is 0.129 e. The van der Waals surface area contributed by atoms with Crippen molar-refractivity contribution in [1.29, 1.82) is 0 Å². The van der Waals surface area contributed by atoms with E-state index in [2.05, 4.69) is 137 Å². The van der Waals surface area contributed by atoms with Crippen LogP contribution in [-0.2, 0) is 0 Å². The van der Waals surface area contributed by atoms with Crippen LogP contribution in [0, 0.1) is 0 Å². The third-order valence-corrected chi connectivity index (χ3v) is 7.02. The lowest BCUT2D eigenvalue weighted by atomic mass is 10.2. The van der Waals surface area contributed by atoms with Crippen molar-refractivity contribution in [3.8, 4) is 17.2 Å². The number of rotatable bonds is 6. The lowest BCUT2D eigenvalue weighted by Gasteiger charge is -2.25. The second kappa shape index (κ2) is 9.88. The lowest BCUT2D eigenvalue weighted by Crippen LogP contribution is -2.09. The Bertz CT molecular complexity index is 1780. The van der Waals surface area contributed by atoms with Crippen molar-refractivity contribution in [2.75, 3.05) is 4.90 Å². The summed E-state index contributed by atoms with van der Waals surface area (Å²) in [4.78, 5) is 2.24. The molecule has 0 aliphatic heterocycles. The quantitative estimate of drug-likeness (QED) is 0.225. The fraction of sp³-hybridized carbons (Fsp3) is 0. The van der Waals surface area contributed by atoms with Crippen LogP contribution in [-0.4, -0.2) is 4.57 Å². The molecule has 0 fully saturated rings. The van der Waals surface area contributed by atoms with Crippen molar-refractivity contribution >= 4 is 38.9 Å². The van der Waals surface area contributed by atoms with Gasteiger partial charge in [0.2, 0.25) is 0 Å².